The summed E-state index contributed by atoms with van der Waals surface area (Å²) >= 11 is 5.67. The number of amides is 3. The molecule has 0 spiro atoms. The van der Waals surface area contributed by atoms with Gasteiger partial charge in [0.15, 0.2) is 0 Å². The lowest BCUT2D eigenvalue weighted by Crippen LogP contribution is -2.32. The zero-order chi connectivity index (χ0) is 13.5. The number of nitrogens with zero attached hydrogens (tertiary/aromatic N) is 1. The van der Waals surface area contributed by atoms with Crippen molar-refractivity contribution in [2.75, 3.05) is 11.4 Å². The van der Waals surface area contributed by atoms with Crippen LogP contribution >= 0.6 is 11.6 Å². The molecule has 0 bridgehead atoms. The summed E-state index contributed by atoms with van der Waals surface area (Å²) in [5.74, 6) is -0.779. The predicted octanol–water partition coefficient (Wildman–Crippen LogP) is 2.42. The highest BCUT2D eigenvalue weighted by Crippen LogP contribution is 2.41. The highest BCUT2D eigenvalue weighted by molar-refractivity contribution is 6.36. The average Bonchev–Trinajstić information content (AvgIpc) is 2.58. The molecule has 0 atom stereocenters. The number of para-hydroxylation sites is 1. The van der Waals surface area contributed by atoms with Gasteiger partial charge in [-0.25, -0.2) is 9.69 Å². The van der Waals surface area contributed by atoms with Gasteiger partial charge in [-0.1, -0.05) is 17.7 Å². The Labute approximate surface area is 104 Å². The second-order valence-electron chi connectivity index (χ2n) is 3.52. The van der Waals surface area contributed by atoms with E-state index in [1.54, 1.807) is 0 Å². The van der Waals surface area contributed by atoms with Crippen molar-refractivity contribution in [1.82, 2.24) is 5.32 Å². The zero-order valence-electron chi connectivity index (χ0n) is 8.71. The fraction of sp³-hybridized carbons (Fsp3) is 0.200. The molecular formula is C10H6ClF3N2O2. The number of alkyl halides is 3. The molecule has 1 aliphatic rings. The molecule has 1 aromatic rings. The molecule has 0 radical (unpaired) electrons. The molecular weight excluding hydrogens is 273 g/mol. The van der Waals surface area contributed by atoms with E-state index in [0.29, 0.717) is 4.90 Å². The van der Waals surface area contributed by atoms with Crippen LogP contribution in [0, 0.1) is 0 Å². The third kappa shape index (κ3) is 2.01. The molecule has 1 aromatic carbocycles. The molecule has 0 saturated carbocycles. The van der Waals surface area contributed by atoms with E-state index in [0.717, 1.165) is 12.1 Å². The molecule has 0 unspecified atom stereocenters. The topological polar surface area (TPSA) is 49.4 Å². The Morgan fingerprint density at radius 2 is 1.94 bits per heavy atom. The number of hydrogen-bond acceptors (Lipinski definition) is 2. The van der Waals surface area contributed by atoms with Crippen LogP contribution in [0.2, 0.25) is 5.02 Å². The van der Waals surface area contributed by atoms with Crippen molar-refractivity contribution in [3.8, 4) is 0 Å². The van der Waals surface area contributed by atoms with Gasteiger partial charge in [0.25, 0.3) is 5.91 Å². The van der Waals surface area contributed by atoms with Crippen LogP contribution in [-0.2, 0) is 11.0 Å². The first-order valence-corrected chi connectivity index (χ1v) is 5.16. The number of benzene rings is 1. The maximum atomic E-state index is 12.8. The number of carbonyl (C=O) groups excluding carboxylic acids is 2. The molecule has 96 valence electrons. The smallest absolute Gasteiger partial charge is 0.328 e. The van der Waals surface area contributed by atoms with Crippen molar-refractivity contribution in [2.45, 2.75) is 6.18 Å². The first-order valence-electron chi connectivity index (χ1n) is 4.79. The van der Waals surface area contributed by atoms with E-state index >= 15 is 0 Å². The minimum atomic E-state index is -4.70. The standard InChI is InChI=1S/C10H6ClF3N2O2/c11-6-3-1-2-5(10(12,13)14)8(6)16-7(17)4-15-9(16)18/h1-3H,4H2,(H,15,18). The van der Waals surface area contributed by atoms with E-state index in [1.165, 1.54) is 6.07 Å². The average molecular weight is 279 g/mol. The van der Waals surface area contributed by atoms with Crippen molar-refractivity contribution in [2.24, 2.45) is 0 Å². The van der Waals surface area contributed by atoms with Crippen molar-refractivity contribution in [3.05, 3.63) is 28.8 Å². The molecule has 4 nitrogen and oxygen atoms in total. The van der Waals surface area contributed by atoms with Gasteiger partial charge in [0.05, 0.1) is 22.8 Å². The lowest BCUT2D eigenvalue weighted by molar-refractivity contribution is -0.137. The van der Waals surface area contributed by atoms with Crippen LogP contribution < -0.4 is 10.2 Å². The van der Waals surface area contributed by atoms with Crippen LogP contribution in [0.1, 0.15) is 5.56 Å². The maximum absolute atomic E-state index is 12.8. The lowest BCUT2D eigenvalue weighted by Gasteiger charge is -2.19. The normalized spacial score (nSPS) is 16.1. The molecule has 1 saturated heterocycles. The Morgan fingerprint density at radius 1 is 1.28 bits per heavy atom. The maximum Gasteiger partial charge on any atom is 0.418 e. The second-order valence-corrected chi connectivity index (χ2v) is 3.93. The van der Waals surface area contributed by atoms with Gasteiger partial charge >= 0.3 is 12.2 Å². The van der Waals surface area contributed by atoms with Crippen molar-refractivity contribution in [1.29, 1.82) is 0 Å². The van der Waals surface area contributed by atoms with E-state index in [4.69, 9.17) is 11.6 Å². The summed E-state index contributed by atoms with van der Waals surface area (Å²) in [5.41, 5.74) is -1.76. The molecule has 0 aromatic heterocycles. The largest absolute Gasteiger partial charge is 0.418 e. The third-order valence-corrected chi connectivity index (χ3v) is 2.66. The summed E-state index contributed by atoms with van der Waals surface area (Å²) in [6.07, 6.45) is -4.70. The van der Waals surface area contributed by atoms with Crippen LogP contribution in [0.15, 0.2) is 18.2 Å². The Balaban J connectivity index is 2.63. The van der Waals surface area contributed by atoms with E-state index < -0.39 is 29.4 Å². The van der Waals surface area contributed by atoms with E-state index in [-0.39, 0.29) is 11.6 Å². The van der Waals surface area contributed by atoms with Crippen molar-refractivity contribution < 1.29 is 22.8 Å². The highest BCUT2D eigenvalue weighted by Gasteiger charge is 2.41. The fourth-order valence-corrected chi connectivity index (χ4v) is 1.88. The summed E-state index contributed by atoms with van der Waals surface area (Å²) in [6, 6.07) is 2.14. The molecule has 0 aliphatic carbocycles. The summed E-state index contributed by atoms with van der Waals surface area (Å²) in [4.78, 5) is 23.2. The molecule has 3 amide bonds. The number of nitrogens with one attached hydrogen (secondary N) is 1. The summed E-state index contributed by atoms with van der Waals surface area (Å²) in [6.45, 7) is -0.346. The number of urea groups is 1. The van der Waals surface area contributed by atoms with Crippen LogP contribution in [-0.4, -0.2) is 18.5 Å². The van der Waals surface area contributed by atoms with Gasteiger partial charge in [-0.05, 0) is 12.1 Å². The minimum Gasteiger partial charge on any atom is -0.328 e. The molecule has 8 heteroatoms. The number of halogens is 4. The fourth-order valence-electron chi connectivity index (χ4n) is 1.62. The number of anilines is 1. The first-order chi connectivity index (χ1) is 8.32. The van der Waals surface area contributed by atoms with Gasteiger partial charge in [-0.2, -0.15) is 13.2 Å². The Hall–Kier alpha value is -1.76. The molecule has 1 N–H and O–H groups in total. The number of carbonyl (C=O) groups is 2. The summed E-state index contributed by atoms with van der Waals surface area (Å²) in [7, 11) is 0. The predicted molar refractivity (Wildman–Crippen MR) is 57.3 cm³/mol. The van der Waals surface area contributed by atoms with Gasteiger partial charge < -0.3 is 5.32 Å². The van der Waals surface area contributed by atoms with Gasteiger partial charge in [0.1, 0.15) is 0 Å². The second kappa shape index (κ2) is 4.16. The van der Waals surface area contributed by atoms with Gasteiger partial charge in [-0.3, -0.25) is 4.79 Å². The van der Waals surface area contributed by atoms with Crippen LogP contribution in [0.5, 0.6) is 0 Å². The molecule has 18 heavy (non-hydrogen) atoms. The third-order valence-electron chi connectivity index (χ3n) is 2.36. The molecule has 1 fully saturated rings. The highest BCUT2D eigenvalue weighted by atomic mass is 35.5. The van der Waals surface area contributed by atoms with Gasteiger partial charge in [0.2, 0.25) is 0 Å². The van der Waals surface area contributed by atoms with E-state index in [9.17, 15) is 22.8 Å². The van der Waals surface area contributed by atoms with Crippen LogP contribution in [0.25, 0.3) is 0 Å². The SMILES string of the molecule is O=C1CNC(=O)N1c1c(Cl)cccc1C(F)(F)F. The van der Waals surface area contributed by atoms with E-state index in [2.05, 4.69) is 5.32 Å². The monoisotopic (exact) mass is 278 g/mol. The van der Waals surface area contributed by atoms with Crippen molar-refractivity contribution in [3.63, 3.8) is 0 Å². The number of hydrogen-bond donors (Lipinski definition) is 1. The Morgan fingerprint density at radius 3 is 2.44 bits per heavy atom. The summed E-state index contributed by atoms with van der Waals surface area (Å²) < 4.78 is 38.4. The number of imide groups is 1. The van der Waals surface area contributed by atoms with Gasteiger partial charge in [-0.15, -0.1) is 0 Å². The summed E-state index contributed by atoms with van der Waals surface area (Å²) in [5, 5.41) is 1.83. The quantitative estimate of drug-likeness (QED) is 0.802. The Kier molecular flexibility index (Phi) is 2.94. The first kappa shape index (κ1) is 12.7. The zero-order valence-corrected chi connectivity index (χ0v) is 9.47. The van der Waals surface area contributed by atoms with Crippen LogP contribution in [0.3, 0.4) is 0 Å². The number of rotatable bonds is 1. The van der Waals surface area contributed by atoms with E-state index in [1.807, 2.05) is 0 Å². The minimum absolute atomic E-state index is 0.310. The molecule has 2 rings (SSSR count). The molecule has 1 heterocycles. The van der Waals surface area contributed by atoms with Crippen molar-refractivity contribution >= 4 is 29.2 Å². The van der Waals surface area contributed by atoms with Crippen LogP contribution in [0.4, 0.5) is 23.7 Å². The molecule has 1 aliphatic heterocycles. The lowest BCUT2D eigenvalue weighted by atomic mass is 10.1. The Bertz CT molecular complexity index is 514. The van der Waals surface area contributed by atoms with Gasteiger partial charge in [0, 0.05) is 0 Å².